The number of pyridine rings is 1. The second-order valence-electron chi connectivity index (χ2n) is 5.18. The molecule has 0 aliphatic heterocycles. The molecule has 2 rings (SSSR count). The van der Waals surface area contributed by atoms with Gasteiger partial charge in [0, 0.05) is 28.2 Å². The fourth-order valence-electron chi connectivity index (χ4n) is 2.00. The van der Waals surface area contributed by atoms with Crippen molar-refractivity contribution in [2.24, 2.45) is 11.1 Å². The van der Waals surface area contributed by atoms with Crippen LogP contribution in [-0.4, -0.2) is 17.1 Å². The van der Waals surface area contributed by atoms with Crippen molar-refractivity contribution in [2.75, 3.05) is 5.32 Å². The van der Waals surface area contributed by atoms with Crippen LogP contribution in [-0.2, 0) is 0 Å². The summed E-state index contributed by atoms with van der Waals surface area (Å²) in [6.07, 6.45) is 2.85. The van der Waals surface area contributed by atoms with E-state index >= 15 is 0 Å². The van der Waals surface area contributed by atoms with Gasteiger partial charge < -0.3 is 11.1 Å². The van der Waals surface area contributed by atoms with Gasteiger partial charge in [0.2, 0.25) is 0 Å². The third-order valence-electron chi connectivity index (χ3n) is 3.71. The van der Waals surface area contributed by atoms with Crippen LogP contribution in [0.25, 0.3) is 0 Å². The van der Waals surface area contributed by atoms with E-state index in [1.807, 2.05) is 6.20 Å². The number of aryl methyl sites for hydroxylation is 1. The Morgan fingerprint density at radius 1 is 1.56 bits per heavy atom. The minimum Gasteiger partial charge on any atom is -0.367 e. The lowest BCUT2D eigenvalue weighted by molar-refractivity contribution is 0.117. The molecule has 1 aromatic heterocycles. The summed E-state index contributed by atoms with van der Waals surface area (Å²) in [7, 11) is 0. The molecule has 3 N–H and O–H groups in total. The molecule has 1 aromatic rings. The molecule has 2 atom stereocenters. The Morgan fingerprint density at radius 3 is 2.75 bits per heavy atom. The van der Waals surface area contributed by atoms with Crippen LogP contribution in [0, 0.1) is 12.3 Å². The molecule has 1 fully saturated rings. The molecule has 0 saturated heterocycles. The summed E-state index contributed by atoms with van der Waals surface area (Å²) in [6, 6.07) is 2.78. The Bertz CT molecular complexity index is 403. The highest BCUT2D eigenvalue weighted by Crippen LogP contribution is 2.40. The maximum Gasteiger partial charge on any atom is 0.126 e. The van der Waals surface area contributed by atoms with Crippen LogP contribution in [0.4, 0.5) is 5.82 Å². The van der Waals surface area contributed by atoms with Crippen molar-refractivity contribution in [1.29, 1.82) is 0 Å². The van der Waals surface area contributed by atoms with E-state index in [9.17, 15) is 0 Å². The van der Waals surface area contributed by atoms with E-state index in [1.165, 1.54) is 5.56 Å². The molecule has 0 bridgehead atoms. The van der Waals surface area contributed by atoms with Crippen molar-refractivity contribution in [1.82, 2.24) is 4.98 Å². The molecule has 1 heterocycles. The summed E-state index contributed by atoms with van der Waals surface area (Å²) in [5.41, 5.74) is 7.34. The zero-order valence-corrected chi connectivity index (χ0v) is 11.5. The SMILES string of the molecule is Cc1cc(NC2CC(N)C2(C)C)ncc1Br. The summed E-state index contributed by atoms with van der Waals surface area (Å²) in [4.78, 5) is 4.35. The number of anilines is 1. The van der Waals surface area contributed by atoms with Crippen LogP contribution < -0.4 is 11.1 Å². The van der Waals surface area contributed by atoms with E-state index in [4.69, 9.17) is 5.73 Å². The minimum atomic E-state index is 0.155. The topological polar surface area (TPSA) is 50.9 Å². The first-order valence-electron chi connectivity index (χ1n) is 5.55. The van der Waals surface area contributed by atoms with Crippen LogP contribution in [0.3, 0.4) is 0 Å². The summed E-state index contributed by atoms with van der Waals surface area (Å²) in [6.45, 7) is 6.46. The Morgan fingerprint density at radius 2 is 2.25 bits per heavy atom. The van der Waals surface area contributed by atoms with Gasteiger partial charge >= 0.3 is 0 Å². The second kappa shape index (κ2) is 4.00. The first-order chi connectivity index (χ1) is 7.41. The summed E-state index contributed by atoms with van der Waals surface area (Å²) < 4.78 is 1.04. The average Bonchev–Trinajstić information content (AvgIpc) is 2.23. The number of aromatic nitrogens is 1. The molecule has 0 radical (unpaired) electrons. The molecular weight excluding hydrogens is 266 g/mol. The van der Waals surface area contributed by atoms with Crippen molar-refractivity contribution >= 4 is 21.7 Å². The van der Waals surface area contributed by atoms with Crippen molar-refractivity contribution in [2.45, 2.75) is 39.3 Å². The largest absolute Gasteiger partial charge is 0.367 e. The first kappa shape index (κ1) is 11.9. The summed E-state index contributed by atoms with van der Waals surface area (Å²) in [5.74, 6) is 0.936. The molecule has 88 valence electrons. The normalized spacial score (nSPS) is 27.3. The molecule has 1 aliphatic carbocycles. The molecule has 0 aromatic carbocycles. The lowest BCUT2D eigenvalue weighted by Crippen LogP contribution is -2.61. The molecule has 0 spiro atoms. The van der Waals surface area contributed by atoms with Gasteiger partial charge in [0.05, 0.1) is 0 Å². The lowest BCUT2D eigenvalue weighted by Gasteiger charge is -2.50. The predicted octanol–water partition coefficient (Wildman–Crippen LogP) is 2.69. The smallest absolute Gasteiger partial charge is 0.126 e. The lowest BCUT2D eigenvalue weighted by atomic mass is 9.63. The highest BCUT2D eigenvalue weighted by molar-refractivity contribution is 9.10. The number of nitrogens with one attached hydrogen (secondary N) is 1. The number of hydrogen-bond acceptors (Lipinski definition) is 3. The quantitative estimate of drug-likeness (QED) is 0.878. The number of rotatable bonds is 2. The fraction of sp³-hybridized carbons (Fsp3) is 0.583. The van der Waals surface area contributed by atoms with E-state index in [-0.39, 0.29) is 5.41 Å². The highest BCUT2D eigenvalue weighted by atomic mass is 79.9. The highest BCUT2D eigenvalue weighted by Gasteiger charge is 2.46. The van der Waals surface area contributed by atoms with E-state index in [0.29, 0.717) is 12.1 Å². The molecule has 16 heavy (non-hydrogen) atoms. The second-order valence-corrected chi connectivity index (χ2v) is 6.03. The summed E-state index contributed by atoms with van der Waals surface area (Å²) in [5, 5.41) is 3.46. The molecule has 1 aliphatic rings. The van der Waals surface area contributed by atoms with Crippen molar-refractivity contribution in [3.8, 4) is 0 Å². The van der Waals surface area contributed by atoms with E-state index in [1.54, 1.807) is 0 Å². The minimum absolute atomic E-state index is 0.155. The third kappa shape index (κ3) is 1.96. The van der Waals surface area contributed by atoms with Crippen LogP contribution in [0.1, 0.15) is 25.8 Å². The standard InChI is InChI=1S/C12H18BrN3/c1-7-4-11(15-6-8(7)13)16-10-5-9(14)12(10,2)3/h4,6,9-10H,5,14H2,1-3H3,(H,15,16). The van der Waals surface area contributed by atoms with Crippen molar-refractivity contribution in [3.05, 3.63) is 22.3 Å². The van der Waals surface area contributed by atoms with Gasteiger partial charge in [0.1, 0.15) is 5.82 Å². The Kier molecular flexibility index (Phi) is 2.97. The van der Waals surface area contributed by atoms with Gasteiger partial charge in [-0.25, -0.2) is 4.98 Å². The van der Waals surface area contributed by atoms with E-state index in [2.05, 4.69) is 53.1 Å². The Balaban J connectivity index is 2.08. The molecule has 3 nitrogen and oxygen atoms in total. The third-order valence-corrected chi connectivity index (χ3v) is 4.54. The number of nitrogens with zero attached hydrogens (tertiary/aromatic N) is 1. The fourth-order valence-corrected chi connectivity index (χ4v) is 2.22. The maximum absolute atomic E-state index is 5.99. The van der Waals surface area contributed by atoms with Gasteiger partial charge in [0.25, 0.3) is 0 Å². The van der Waals surface area contributed by atoms with Crippen molar-refractivity contribution in [3.63, 3.8) is 0 Å². The zero-order valence-electron chi connectivity index (χ0n) is 9.92. The first-order valence-corrected chi connectivity index (χ1v) is 6.35. The van der Waals surface area contributed by atoms with Crippen LogP contribution >= 0.6 is 15.9 Å². The van der Waals surface area contributed by atoms with E-state index in [0.717, 1.165) is 16.7 Å². The van der Waals surface area contributed by atoms with Crippen LogP contribution in [0.15, 0.2) is 16.7 Å². The number of nitrogens with two attached hydrogens (primary N) is 1. The van der Waals surface area contributed by atoms with Crippen molar-refractivity contribution < 1.29 is 0 Å². The Hall–Kier alpha value is -0.610. The van der Waals surface area contributed by atoms with Gasteiger partial charge in [-0.1, -0.05) is 13.8 Å². The van der Waals surface area contributed by atoms with Gasteiger partial charge in [-0.2, -0.15) is 0 Å². The molecule has 0 amide bonds. The average molecular weight is 284 g/mol. The zero-order chi connectivity index (χ0) is 11.9. The number of hydrogen-bond donors (Lipinski definition) is 2. The van der Waals surface area contributed by atoms with Gasteiger partial charge in [-0.05, 0) is 40.9 Å². The molecule has 4 heteroatoms. The summed E-state index contributed by atoms with van der Waals surface area (Å²) >= 11 is 3.45. The Labute approximate surface area is 105 Å². The number of halogens is 1. The maximum atomic E-state index is 5.99. The van der Waals surface area contributed by atoms with Gasteiger partial charge in [-0.15, -0.1) is 0 Å². The predicted molar refractivity (Wildman–Crippen MR) is 70.5 cm³/mol. The van der Waals surface area contributed by atoms with E-state index < -0.39 is 0 Å². The van der Waals surface area contributed by atoms with Gasteiger partial charge in [-0.3, -0.25) is 0 Å². The van der Waals surface area contributed by atoms with Crippen LogP contribution in [0.2, 0.25) is 0 Å². The molecular formula is C12H18BrN3. The van der Waals surface area contributed by atoms with Crippen LogP contribution in [0.5, 0.6) is 0 Å². The van der Waals surface area contributed by atoms with Gasteiger partial charge in [0.15, 0.2) is 0 Å². The monoisotopic (exact) mass is 283 g/mol. The molecule has 2 unspecified atom stereocenters. The molecule has 1 saturated carbocycles.